The molecular weight excluding hydrogens is 242 g/mol. The van der Waals surface area contributed by atoms with Crippen molar-refractivity contribution in [1.82, 2.24) is 10.2 Å². The third-order valence-corrected chi connectivity index (χ3v) is 3.52. The van der Waals surface area contributed by atoms with E-state index in [2.05, 4.69) is 48.3 Å². The molecule has 0 spiro atoms. The Morgan fingerprint density at radius 2 is 1.94 bits per heavy atom. The molecule has 0 aliphatic carbocycles. The quantitative estimate of drug-likeness (QED) is 0.790. The summed E-state index contributed by atoms with van der Waals surface area (Å²) in [4.78, 5) is 0. The van der Waals surface area contributed by atoms with Crippen molar-refractivity contribution in [2.75, 3.05) is 0 Å². The summed E-state index contributed by atoms with van der Waals surface area (Å²) in [6.07, 6.45) is 1.54. The molecule has 0 aliphatic rings. The fourth-order valence-corrected chi connectivity index (χ4v) is 2.66. The van der Waals surface area contributed by atoms with Gasteiger partial charge in [-0.05, 0) is 25.5 Å². The van der Waals surface area contributed by atoms with Gasteiger partial charge in [-0.25, -0.2) is 0 Å². The summed E-state index contributed by atoms with van der Waals surface area (Å²) < 4.78 is 0. The molecule has 0 unspecified atom stereocenters. The first-order chi connectivity index (χ1) is 8.69. The molecule has 0 fully saturated rings. The molecule has 0 aliphatic heterocycles. The maximum absolute atomic E-state index is 8.97. The highest BCUT2D eigenvalue weighted by atomic mass is 32.2. The monoisotopic (exact) mass is 255 g/mol. The largest absolute Gasteiger partial charge is 0.192 e. The average molecular weight is 255 g/mol. The van der Waals surface area contributed by atoms with E-state index in [1.165, 1.54) is 16.7 Å². The van der Waals surface area contributed by atoms with E-state index in [4.69, 9.17) is 5.26 Å². The van der Waals surface area contributed by atoms with Crippen molar-refractivity contribution in [3.63, 3.8) is 0 Å². The van der Waals surface area contributed by atoms with Crippen molar-refractivity contribution in [1.29, 1.82) is 5.26 Å². The van der Waals surface area contributed by atoms with Crippen LogP contribution in [0, 0.1) is 25.2 Å². The van der Waals surface area contributed by atoms with Gasteiger partial charge in [0.2, 0.25) is 0 Å². The predicted octanol–water partition coefficient (Wildman–Crippen LogP) is 3.26. The number of benzene rings is 1. The summed E-state index contributed by atoms with van der Waals surface area (Å²) >= 11 is 1.55. The van der Waals surface area contributed by atoms with Crippen LogP contribution in [0.25, 0.3) is 0 Å². The van der Waals surface area contributed by atoms with Crippen molar-refractivity contribution in [2.45, 2.75) is 24.6 Å². The minimum Gasteiger partial charge on any atom is -0.192 e. The molecule has 18 heavy (non-hydrogen) atoms. The molecule has 90 valence electrons. The van der Waals surface area contributed by atoms with Gasteiger partial charge in [-0.1, -0.05) is 41.1 Å². The first kappa shape index (κ1) is 12.6. The minimum atomic E-state index is 0.583. The van der Waals surface area contributed by atoms with E-state index < -0.39 is 0 Å². The van der Waals surface area contributed by atoms with Gasteiger partial charge in [-0.15, -0.1) is 5.10 Å². The highest BCUT2D eigenvalue weighted by Crippen LogP contribution is 2.24. The van der Waals surface area contributed by atoms with Crippen LogP contribution < -0.4 is 0 Å². The highest BCUT2D eigenvalue weighted by Gasteiger charge is 2.05. The zero-order valence-corrected chi connectivity index (χ0v) is 11.2. The van der Waals surface area contributed by atoms with Gasteiger partial charge in [0, 0.05) is 5.75 Å². The Kier molecular flexibility index (Phi) is 3.96. The number of nitrogens with zero attached hydrogens (tertiary/aromatic N) is 3. The fourth-order valence-electron chi connectivity index (χ4n) is 1.81. The van der Waals surface area contributed by atoms with E-state index in [-0.39, 0.29) is 0 Å². The van der Waals surface area contributed by atoms with Gasteiger partial charge < -0.3 is 0 Å². The Morgan fingerprint density at radius 3 is 2.61 bits per heavy atom. The van der Waals surface area contributed by atoms with E-state index >= 15 is 0 Å². The Morgan fingerprint density at radius 1 is 1.22 bits per heavy atom. The van der Waals surface area contributed by atoms with Crippen LogP contribution in [-0.2, 0) is 5.75 Å². The summed E-state index contributed by atoms with van der Waals surface area (Å²) in [7, 11) is 0. The fraction of sp³-hybridized carbons (Fsp3) is 0.214. The van der Waals surface area contributed by atoms with Crippen molar-refractivity contribution in [2.24, 2.45) is 0 Å². The van der Waals surface area contributed by atoms with Crippen LogP contribution >= 0.6 is 11.8 Å². The molecule has 0 saturated carbocycles. The number of aromatic nitrogens is 2. The van der Waals surface area contributed by atoms with Crippen LogP contribution in [0.15, 0.2) is 35.5 Å². The van der Waals surface area contributed by atoms with Crippen LogP contribution in [0.1, 0.15) is 22.3 Å². The molecule has 3 nitrogen and oxygen atoms in total. The van der Waals surface area contributed by atoms with Gasteiger partial charge in [0.1, 0.15) is 11.1 Å². The van der Waals surface area contributed by atoms with E-state index in [1.807, 2.05) is 0 Å². The number of hydrogen-bond acceptors (Lipinski definition) is 4. The van der Waals surface area contributed by atoms with Crippen LogP contribution in [0.2, 0.25) is 0 Å². The first-order valence-corrected chi connectivity index (χ1v) is 6.59. The lowest BCUT2D eigenvalue weighted by atomic mass is 10.1. The second-order valence-corrected chi connectivity index (χ2v) is 5.11. The standard InChI is InChI=1S/C14H13N3S/c1-10-5-11(2)7-12(6-10)9-18-14-13(8-15)3-4-16-17-14/h3-7H,9H2,1-2H3. The Balaban J connectivity index is 2.14. The van der Waals surface area contributed by atoms with Gasteiger partial charge in [0.15, 0.2) is 0 Å². The molecule has 1 heterocycles. The smallest absolute Gasteiger partial charge is 0.137 e. The maximum atomic E-state index is 8.97. The Hall–Kier alpha value is -1.86. The summed E-state index contributed by atoms with van der Waals surface area (Å²) in [6, 6.07) is 10.3. The van der Waals surface area contributed by atoms with E-state index in [0.29, 0.717) is 10.6 Å². The Labute approximate surface area is 111 Å². The zero-order valence-electron chi connectivity index (χ0n) is 10.3. The van der Waals surface area contributed by atoms with Gasteiger partial charge in [0.25, 0.3) is 0 Å². The molecule has 0 radical (unpaired) electrons. The molecule has 0 bridgehead atoms. The number of aryl methyl sites for hydroxylation is 2. The average Bonchev–Trinajstić information content (AvgIpc) is 2.35. The molecule has 2 aromatic rings. The molecule has 0 atom stereocenters. The van der Waals surface area contributed by atoms with Gasteiger partial charge in [-0.3, -0.25) is 0 Å². The lowest BCUT2D eigenvalue weighted by Crippen LogP contribution is -1.91. The predicted molar refractivity (Wildman–Crippen MR) is 72.2 cm³/mol. The van der Waals surface area contributed by atoms with Crippen LogP contribution in [-0.4, -0.2) is 10.2 Å². The highest BCUT2D eigenvalue weighted by molar-refractivity contribution is 7.98. The molecule has 1 aromatic carbocycles. The molecule has 4 heteroatoms. The topological polar surface area (TPSA) is 49.6 Å². The molecule has 2 rings (SSSR count). The van der Waals surface area contributed by atoms with E-state index in [9.17, 15) is 0 Å². The molecule has 0 N–H and O–H groups in total. The maximum Gasteiger partial charge on any atom is 0.137 e. The number of hydrogen-bond donors (Lipinski definition) is 0. The van der Waals surface area contributed by atoms with Gasteiger partial charge >= 0.3 is 0 Å². The number of nitriles is 1. The minimum absolute atomic E-state index is 0.583. The summed E-state index contributed by atoms with van der Waals surface area (Å²) in [5.41, 5.74) is 4.34. The molecule has 0 amide bonds. The zero-order chi connectivity index (χ0) is 13.0. The third kappa shape index (κ3) is 3.08. The van der Waals surface area contributed by atoms with Crippen molar-refractivity contribution < 1.29 is 0 Å². The van der Waals surface area contributed by atoms with Crippen molar-refractivity contribution in [3.05, 3.63) is 52.7 Å². The third-order valence-electron chi connectivity index (χ3n) is 2.46. The molecule has 1 aromatic heterocycles. The molecular formula is C14H13N3S. The van der Waals surface area contributed by atoms with Crippen LogP contribution in [0.5, 0.6) is 0 Å². The summed E-state index contributed by atoms with van der Waals surface area (Å²) in [5.74, 6) is 0.801. The number of rotatable bonds is 3. The molecule has 0 saturated heterocycles. The Bertz CT molecular complexity index is 582. The SMILES string of the molecule is Cc1cc(C)cc(CSc2nnccc2C#N)c1. The normalized spacial score (nSPS) is 10.1. The van der Waals surface area contributed by atoms with Crippen molar-refractivity contribution >= 4 is 11.8 Å². The lowest BCUT2D eigenvalue weighted by Gasteiger charge is -2.05. The summed E-state index contributed by atoms with van der Waals surface area (Å²) in [5, 5.41) is 17.5. The van der Waals surface area contributed by atoms with E-state index in [1.54, 1.807) is 24.0 Å². The van der Waals surface area contributed by atoms with E-state index in [0.717, 1.165) is 5.75 Å². The van der Waals surface area contributed by atoms with Gasteiger partial charge in [0.05, 0.1) is 11.8 Å². The van der Waals surface area contributed by atoms with Gasteiger partial charge in [-0.2, -0.15) is 10.4 Å². The summed E-state index contributed by atoms with van der Waals surface area (Å²) in [6.45, 7) is 4.17. The second kappa shape index (κ2) is 5.65. The van der Waals surface area contributed by atoms with Crippen LogP contribution in [0.4, 0.5) is 0 Å². The second-order valence-electron chi connectivity index (χ2n) is 4.15. The number of thioether (sulfide) groups is 1. The van der Waals surface area contributed by atoms with Crippen LogP contribution in [0.3, 0.4) is 0 Å². The lowest BCUT2D eigenvalue weighted by molar-refractivity contribution is 0.919. The van der Waals surface area contributed by atoms with Crippen molar-refractivity contribution in [3.8, 4) is 6.07 Å². The first-order valence-electron chi connectivity index (χ1n) is 5.61.